The molecule has 156 valence electrons. The number of hydrogen-bond acceptors (Lipinski definition) is 4. The molecule has 2 aromatic carbocycles. The standard InChI is InChI=1S/C21H27FN4O3/c1-4-29-18-10-9-17(12-19(18)28-3)26-21(24-2)25-13-15(20(23)27)11-14-5-7-16(22)8-6-14/h5-10,12,15H,4,11,13H2,1-3H3,(H2,23,27)(H2,24,25,26). The van der Waals surface area contributed by atoms with Gasteiger partial charge in [0.2, 0.25) is 5.91 Å². The third kappa shape index (κ3) is 6.67. The number of methoxy groups -OCH3 is 1. The molecule has 0 heterocycles. The van der Waals surface area contributed by atoms with Gasteiger partial charge in [0, 0.05) is 25.3 Å². The lowest BCUT2D eigenvalue weighted by atomic mass is 9.98. The van der Waals surface area contributed by atoms with Crippen LogP contribution in [0.4, 0.5) is 10.1 Å². The van der Waals surface area contributed by atoms with Gasteiger partial charge in [-0.25, -0.2) is 4.39 Å². The maximum absolute atomic E-state index is 13.1. The van der Waals surface area contributed by atoms with Crippen molar-refractivity contribution in [2.45, 2.75) is 13.3 Å². The minimum Gasteiger partial charge on any atom is -0.493 e. The molecule has 0 saturated carbocycles. The fourth-order valence-electron chi connectivity index (χ4n) is 2.73. The molecular weight excluding hydrogens is 375 g/mol. The molecule has 1 unspecified atom stereocenters. The summed E-state index contributed by atoms with van der Waals surface area (Å²) >= 11 is 0. The molecule has 7 nitrogen and oxygen atoms in total. The topological polar surface area (TPSA) is 98.0 Å². The van der Waals surface area contributed by atoms with Gasteiger partial charge in [-0.2, -0.15) is 0 Å². The molecule has 0 aliphatic carbocycles. The highest BCUT2D eigenvalue weighted by atomic mass is 19.1. The molecule has 0 fully saturated rings. The summed E-state index contributed by atoms with van der Waals surface area (Å²) in [6, 6.07) is 11.4. The van der Waals surface area contributed by atoms with Crippen LogP contribution >= 0.6 is 0 Å². The smallest absolute Gasteiger partial charge is 0.222 e. The predicted molar refractivity (Wildman–Crippen MR) is 112 cm³/mol. The average Bonchev–Trinajstić information content (AvgIpc) is 2.72. The molecule has 0 bridgehead atoms. The van der Waals surface area contributed by atoms with E-state index in [2.05, 4.69) is 15.6 Å². The van der Waals surface area contributed by atoms with E-state index in [-0.39, 0.29) is 12.4 Å². The summed E-state index contributed by atoms with van der Waals surface area (Å²) < 4.78 is 23.9. The first-order chi connectivity index (χ1) is 14.0. The number of anilines is 1. The lowest BCUT2D eigenvalue weighted by Gasteiger charge is -2.18. The number of carbonyl (C=O) groups excluding carboxylic acids is 1. The van der Waals surface area contributed by atoms with Gasteiger partial charge in [-0.3, -0.25) is 9.79 Å². The number of hydrogen-bond donors (Lipinski definition) is 3. The Balaban J connectivity index is 2.01. The van der Waals surface area contributed by atoms with Gasteiger partial charge in [-0.1, -0.05) is 12.1 Å². The highest BCUT2D eigenvalue weighted by Crippen LogP contribution is 2.30. The second kappa shape index (κ2) is 10.9. The minimum atomic E-state index is -0.478. The molecule has 0 aliphatic heterocycles. The number of guanidine groups is 1. The Kier molecular flexibility index (Phi) is 8.27. The predicted octanol–water partition coefficient (Wildman–Crippen LogP) is 2.56. The molecule has 0 aliphatic rings. The first-order valence-corrected chi connectivity index (χ1v) is 9.29. The van der Waals surface area contributed by atoms with Crippen molar-refractivity contribution in [3.63, 3.8) is 0 Å². The number of benzene rings is 2. The Hall–Kier alpha value is -3.29. The van der Waals surface area contributed by atoms with Crippen LogP contribution in [0.3, 0.4) is 0 Å². The number of ether oxygens (including phenoxy) is 2. The third-order valence-corrected chi connectivity index (χ3v) is 4.26. The van der Waals surface area contributed by atoms with Crippen LogP contribution in [0.1, 0.15) is 12.5 Å². The summed E-state index contributed by atoms with van der Waals surface area (Å²) in [4.78, 5) is 16.0. The first kappa shape index (κ1) is 22.0. The summed E-state index contributed by atoms with van der Waals surface area (Å²) in [5.74, 6) is 0.476. The van der Waals surface area contributed by atoms with Crippen LogP contribution in [0.15, 0.2) is 47.5 Å². The van der Waals surface area contributed by atoms with Crippen LogP contribution in [-0.4, -0.2) is 39.2 Å². The van der Waals surface area contributed by atoms with Gasteiger partial charge < -0.3 is 25.8 Å². The zero-order valence-corrected chi connectivity index (χ0v) is 16.9. The lowest BCUT2D eigenvalue weighted by Crippen LogP contribution is -2.40. The van der Waals surface area contributed by atoms with E-state index < -0.39 is 11.8 Å². The van der Waals surface area contributed by atoms with Crippen molar-refractivity contribution in [2.75, 3.05) is 32.6 Å². The molecule has 1 amide bonds. The maximum Gasteiger partial charge on any atom is 0.222 e. The van der Waals surface area contributed by atoms with Crippen LogP contribution in [0.5, 0.6) is 11.5 Å². The summed E-state index contributed by atoms with van der Waals surface area (Å²) in [6.07, 6.45) is 0.399. The minimum absolute atomic E-state index is 0.278. The Morgan fingerprint density at radius 1 is 1.21 bits per heavy atom. The van der Waals surface area contributed by atoms with Gasteiger partial charge in [0.15, 0.2) is 17.5 Å². The summed E-state index contributed by atoms with van der Waals surface area (Å²) in [7, 11) is 3.20. The molecule has 0 aromatic heterocycles. The van der Waals surface area contributed by atoms with Gasteiger partial charge >= 0.3 is 0 Å². The number of nitrogens with one attached hydrogen (secondary N) is 2. The summed E-state index contributed by atoms with van der Waals surface area (Å²) in [5, 5.41) is 6.24. The quantitative estimate of drug-likeness (QED) is 0.442. The average molecular weight is 402 g/mol. The number of aliphatic imine (C=N–C) groups is 1. The molecule has 2 rings (SSSR count). The molecule has 29 heavy (non-hydrogen) atoms. The van der Waals surface area contributed by atoms with Crippen molar-refractivity contribution in [2.24, 2.45) is 16.6 Å². The summed E-state index contributed by atoms with van der Waals surface area (Å²) in [6.45, 7) is 2.72. The van der Waals surface area contributed by atoms with Crippen LogP contribution in [0, 0.1) is 11.7 Å². The van der Waals surface area contributed by atoms with Crippen LogP contribution < -0.4 is 25.8 Å². The maximum atomic E-state index is 13.1. The summed E-state index contributed by atoms with van der Waals surface area (Å²) in [5.41, 5.74) is 7.11. The number of carbonyl (C=O) groups is 1. The van der Waals surface area contributed by atoms with Crippen LogP contribution in [-0.2, 0) is 11.2 Å². The molecule has 4 N–H and O–H groups in total. The first-order valence-electron chi connectivity index (χ1n) is 9.29. The van der Waals surface area contributed by atoms with Crippen molar-refractivity contribution < 1.29 is 18.7 Å². The molecule has 1 atom stereocenters. The van der Waals surface area contributed by atoms with Crippen molar-refractivity contribution in [1.29, 1.82) is 0 Å². The third-order valence-electron chi connectivity index (χ3n) is 4.26. The normalized spacial score (nSPS) is 12.2. The highest BCUT2D eigenvalue weighted by Gasteiger charge is 2.17. The Labute approximate surface area is 170 Å². The van der Waals surface area contributed by atoms with Gasteiger partial charge in [-0.05, 0) is 43.2 Å². The van der Waals surface area contributed by atoms with Crippen molar-refractivity contribution >= 4 is 17.6 Å². The largest absolute Gasteiger partial charge is 0.493 e. The van der Waals surface area contributed by atoms with Crippen LogP contribution in [0.25, 0.3) is 0 Å². The van der Waals surface area contributed by atoms with E-state index in [9.17, 15) is 9.18 Å². The Morgan fingerprint density at radius 3 is 2.52 bits per heavy atom. The van der Waals surface area contributed by atoms with Crippen LogP contribution in [0.2, 0.25) is 0 Å². The zero-order chi connectivity index (χ0) is 21.2. The Morgan fingerprint density at radius 2 is 1.93 bits per heavy atom. The molecule has 8 heteroatoms. The fourth-order valence-corrected chi connectivity index (χ4v) is 2.73. The molecule has 0 saturated heterocycles. The molecule has 0 spiro atoms. The second-order valence-corrected chi connectivity index (χ2v) is 6.31. The number of amides is 1. The van der Waals surface area contributed by atoms with E-state index in [1.807, 2.05) is 13.0 Å². The number of rotatable bonds is 9. The van der Waals surface area contributed by atoms with Gasteiger partial charge in [-0.15, -0.1) is 0 Å². The number of halogens is 1. The second-order valence-electron chi connectivity index (χ2n) is 6.31. The molecular formula is C21H27FN4O3. The van der Waals surface area contributed by atoms with E-state index in [1.54, 1.807) is 38.4 Å². The van der Waals surface area contributed by atoms with Gasteiger partial charge in [0.05, 0.1) is 19.6 Å². The SMILES string of the molecule is CCOc1ccc(NC(=NC)NCC(Cc2ccc(F)cc2)C(N)=O)cc1OC. The van der Waals surface area contributed by atoms with E-state index in [1.165, 1.54) is 12.1 Å². The van der Waals surface area contributed by atoms with E-state index in [0.717, 1.165) is 11.3 Å². The lowest BCUT2D eigenvalue weighted by molar-refractivity contribution is -0.121. The number of nitrogens with zero attached hydrogens (tertiary/aromatic N) is 1. The van der Waals surface area contributed by atoms with E-state index in [0.29, 0.717) is 30.5 Å². The van der Waals surface area contributed by atoms with E-state index in [4.69, 9.17) is 15.2 Å². The zero-order valence-electron chi connectivity index (χ0n) is 16.9. The number of primary amides is 1. The van der Waals surface area contributed by atoms with E-state index >= 15 is 0 Å². The van der Waals surface area contributed by atoms with Crippen molar-refractivity contribution in [3.05, 3.63) is 53.8 Å². The number of nitrogens with two attached hydrogens (primary N) is 1. The van der Waals surface area contributed by atoms with Crippen molar-refractivity contribution in [3.8, 4) is 11.5 Å². The fraction of sp³-hybridized carbons (Fsp3) is 0.333. The molecule has 2 aromatic rings. The molecule has 0 radical (unpaired) electrons. The van der Waals surface area contributed by atoms with Gasteiger partial charge in [0.1, 0.15) is 5.82 Å². The Bertz CT molecular complexity index is 840. The highest BCUT2D eigenvalue weighted by molar-refractivity contribution is 5.94. The monoisotopic (exact) mass is 402 g/mol. The van der Waals surface area contributed by atoms with Crippen molar-refractivity contribution in [1.82, 2.24) is 5.32 Å². The van der Waals surface area contributed by atoms with Gasteiger partial charge in [0.25, 0.3) is 0 Å².